The zero-order chi connectivity index (χ0) is 15.2. The Balaban J connectivity index is 2.24. The summed E-state index contributed by atoms with van der Waals surface area (Å²) in [5, 5.41) is 12.2. The molecule has 1 heterocycles. The van der Waals surface area contributed by atoms with Crippen molar-refractivity contribution >= 4 is 40.9 Å². The Hall–Kier alpha value is -2.35. The summed E-state index contributed by atoms with van der Waals surface area (Å²) in [5.74, 6) is -0.557. The smallest absolute Gasteiger partial charge is 0.266 e. The molecule has 2 aromatic rings. The molecule has 0 unspecified atom stereocenters. The van der Waals surface area contributed by atoms with Crippen molar-refractivity contribution in [2.45, 2.75) is 0 Å². The first-order chi connectivity index (χ1) is 10.1. The van der Waals surface area contributed by atoms with Crippen LogP contribution in [-0.4, -0.2) is 10.9 Å². The maximum atomic E-state index is 12.1. The van der Waals surface area contributed by atoms with Crippen LogP contribution in [0, 0.1) is 11.3 Å². The van der Waals surface area contributed by atoms with Crippen molar-refractivity contribution in [3.63, 3.8) is 0 Å². The Labute approximate surface area is 131 Å². The van der Waals surface area contributed by atoms with Gasteiger partial charge in [-0.25, -0.2) is 0 Å². The van der Waals surface area contributed by atoms with Crippen LogP contribution in [0.1, 0.15) is 5.56 Å². The minimum atomic E-state index is -0.557. The minimum absolute atomic E-state index is 0.0442. The van der Waals surface area contributed by atoms with E-state index in [1.54, 1.807) is 42.7 Å². The van der Waals surface area contributed by atoms with Crippen molar-refractivity contribution in [3.05, 3.63) is 63.9 Å². The molecule has 2 rings (SSSR count). The second-order valence-corrected chi connectivity index (χ2v) is 4.79. The second kappa shape index (κ2) is 6.89. The van der Waals surface area contributed by atoms with Gasteiger partial charge < -0.3 is 5.32 Å². The molecule has 1 amide bonds. The Morgan fingerprint density at radius 3 is 2.62 bits per heavy atom. The van der Waals surface area contributed by atoms with Gasteiger partial charge in [-0.3, -0.25) is 9.78 Å². The fraction of sp³-hybridized carbons (Fsp3) is 0. The van der Waals surface area contributed by atoms with E-state index in [0.717, 1.165) is 0 Å². The quantitative estimate of drug-likeness (QED) is 0.689. The van der Waals surface area contributed by atoms with Crippen LogP contribution >= 0.6 is 23.2 Å². The molecule has 0 aliphatic heterocycles. The topological polar surface area (TPSA) is 65.8 Å². The number of hydrogen-bond acceptors (Lipinski definition) is 3. The summed E-state index contributed by atoms with van der Waals surface area (Å²) in [6.07, 6.45) is 4.62. The molecule has 21 heavy (non-hydrogen) atoms. The SMILES string of the molecule is N#CC(=Cc1ccncc1)C(=O)Nc1cccc(Cl)c1Cl. The predicted octanol–water partition coefficient (Wildman–Crippen LogP) is 3.93. The van der Waals surface area contributed by atoms with E-state index in [1.165, 1.54) is 6.08 Å². The summed E-state index contributed by atoms with van der Waals surface area (Å²) in [4.78, 5) is 16.0. The van der Waals surface area contributed by atoms with Crippen LogP contribution in [-0.2, 0) is 4.79 Å². The first kappa shape index (κ1) is 15.0. The van der Waals surface area contributed by atoms with Crippen molar-refractivity contribution in [2.24, 2.45) is 0 Å². The van der Waals surface area contributed by atoms with Gasteiger partial charge in [0.05, 0.1) is 15.7 Å². The second-order valence-electron chi connectivity index (χ2n) is 4.01. The lowest BCUT2D eigenvalue weighted by Gasteiger charge is -2.07. The van der Waals surface area contributed by atoms with E-state index < -0.39 is 5.91 Å². The van der Waals surface area contributed by atoms with Gasteiger partial charge >= 0.3 is 0 Å². The number of pyridine rings is 1. The van der Waals surface area contributed by atoms with E-state index in [0.29, 0.717) is 16.3 Å². The Kier molecular flexibility index (Phi) is 4.94. The number of aromatic nitrogens is 1. The fourth-order valence-electron chi connectivity index (χ4n) is 1.56. The summed E-state index contributed by atoms with van der Waals surface area (Å²) >= 11 is 11.9. The van der Waals surface area contributed by atoms with E-state index in [4.69, 9.17) is 28.5 Å². The molecule has 104 valence electrons. The van der Waals surface area contributed by atoms with E-state index in [-0.39, 0.29) is 10.6 Å². The first-order valence-electron chi connectivity index (χ1n) is 5.89. The van der Waals surface area contributed by atoms with Crippen LogP contribution in [0.5, 0.6) is 0 Å². The average Bonchev–Trinajstić information content (AvgIpc) is 2.50. The predicted molar refractivity (Wildman–Crippen MR) is 82.9 cm³/mol. The molecule has 1 aromatic heterocycles. The molecule has 0 radical (unpaired) electrons. The molecular weight excluding hydrogens is 309 g/mol. The van der Waals surface area contributed by atoms with Gasteiger partial charge in [0.2, 0.25) is 0 Å². The molecule has 0 aliphatic carbocycles. The number of anilines is 1. The highest BCUT2D eigenvalue weighted by atomic mass is 35.5. The lowest BCUT2D eigenvalue weighted by atomic mass is 10.1. The van der Waals surface area contributed by atoms with Gasteiger partial charge in [0.1, 0.15) is 11.6 Å². The molecule has 0 aliphatic rings. The number of amides is 1. The number of nitrogens with zero attached hydrogens (tertiary/aromatic N) is 2. The van der Waals surface area contributed by atoms with Gasteiger partial charge in [0, 0.05) is 12.4 Å². The first-order valence-corrected chi connectivity index (χ1v) is 6.64. The third-order valence-electron chi connectivity index (χ3n) is 2.58. The Bertz CT molecular complexity index is 736. The third-order valence-corrected chi connectivity index (χ3v) is 3.40. The van der Waals surface area contributed by atoms with Crippen LogP contribution in [0.25, 0.3) is 6.08 Å². The van der Waals surface area contributed by atoms with Crippen molar-refractivity contribution in [2.75, 3.05) is 5.32 Å². The van der Waals surface area contributed by atoms with Crippen LogP contribution in [0.2, 0.25) is 10.0 Å². The average molecular weight is 318 g/mol. The molecule has 0 saturated carbocycles. The number of benzene rings is 1. The minimum Gasteiger partial charge on any atom is -0.320 e. The van der Waals surface area contributed by atoms with Crippen LogP contribution < -0.4 is 5.32 Å². The van der Waals surface area contributed by atoms with E-state index >= 15 is 0 Å². The maximum absolute atomic E-state index is 12.1. The van der Waals surface area contributed by atoms with Crippen LogP contribution in [0.15, 0.2) is 48.3 Å². The number of nitrogens with one attached hydrogen (secondary N) is 1. The molecule has 0 atom stereocenters. The summed E-state index contributed by atoms with van der Waals surface area (Å²) in [6.45, 7) is 0. The lowest BCUT2D eigenvalue weighted by molar-refractivity contribution is -0.112. The van der Waals surface area contributed by atoms with Crippen molar-refractivity contribution < 1.29 is 4.79 Å². The summed E-state index contributed by atoms with van der Waals surface area (Å²) in [6, 6.07) is 10.1. The number of rotatable bonds is 3. The highest BCUT2D eigenvalue weighted by Crippen LogP contribution is 2.29. The van der Waals surface area contributed by atoms with Crippen molar-refractivity contribution in [3.8, 4) is 6.07 Å². The molecular formula is C15H9Cl2N3O. The largest absolute Gasteiger partial charge is 0.320 e. The standard InChI is InChI=1S/C15H9Cl2N3O/c16-12-2-1-3-13(14(12)17)20-15(21)11(9-18)8-10-4-6-19-7-5-10/h1-8H,(H,20,21). The number of halogens is 2. The van der Waals surface area contributed by atoms with E-state index in [9.17, 15) is 4.79 Å². The Morgan fingerprint density at radius 2 is 1.95 bits per heavy atom. The molecule has 0 spiro atoms. The molecule has 4 nitrogen and oxygen atoms in total. The van der Waals surface area contributed by atoms with Gasteiger partial charge in [-0.15, -0.1) is 0 Å². The molecule has 1 N–H and O–H groups in total. The highest BCUT2D eigenvalue weighted by molar-refractivity contribution is 6.44. The van der Waals surface area contributed by atoms with Gasteiger partial charge in [-0.1, -0.05) is 29.3 Å². The normalized spacial score (nSPS) is 10.8. The van der Waals surface area contributed by atoms with Gasteiger partial charge in [0.25, 0.3) is 5.91 Å². The van der Waals surface area contributed by atoms with Gasteiger partial charge in [0.15, 0.2) is 0 Å². The fourth-order valence-corrected chi connectivity index (χ4v) is 1.91. The Morgan fingerprint density at radius 1 is 1.24 bits per heavy atom. The zero-order valence-electron chi connectivity index (χ0n) is 10.7. The number of carbonyl (C=O) groups excluding carboxylic acids is 1. The third kappa shape index (κ3) is 3.82. The van der Waals surface area contributed by atoms with Crippen molar-refractivity contribution in [1.29, 1.82) is 5.26 Å². The summed E-state index contributed by atoms with van der Waals surface area (Å²) in [7, 11) is 0. The van der Waals surface area contributed by atoms with Crippen LogP contribution in [0.3, 0.4) is 0 Å². The summed E-state index contributed by atoms with van der Waals surface area (Å²) in [5.41, 5.74) is 1.01. The zero-order valence-corrected chi connectivity index (χ0v) is 12.2. The monoisotopic (exact) mass is 317 g/mol. The maximum Gasteiger partial charge on any atom is 0.266 e. The molecule has 0 fully saturated rings. The van der Waals surface area contributed by atoms with Gasteiger partial charge in [-0.2, -0.15) is 5.26 Å². The highest BCUT2D eigenvalue weighted by Gasteiger charge is 2.12. The summed E-state index contributed by atoms with van der Waals surface area (Å²) < 4.78 is 0. The van der Waals surface area contributed by atoms with E-state index in [1.807, 2.05) is 6.07 Å². The number of nitriles is 1. The van der Waals surface area contributed by atoms with Gasteiger partial charge in [-0.05, 0) is 35.9 Å². The molecule has 0 bridgehead atoms. The van der Waals surface area contributed by atoms with Crippen molar-refractivity contribution in [1.82, 2.24) is 4.98 Å². The van der Waals surface area contributed by atoms with Crippen LogP contribution in [0.4, 0.5) is 5.69 Å². The molecule has 1 aromatic carbocycles. The lowest BCUT2D eigenvalue weighted by Crippen LogP contribution is -2.13. The number of carbonyl (C=O) groups is 1. The number of hydrogen-bond donors (Lipinski definition) is 1. The molecule has 0 saturated heterocycles. The molecule has 6 heteroatoms. The van der Waals surface area contributed by atoms with E-state index in [2.05, 4.69) is 10.3 Å².